The second-order valence-electron chi connectivity index (χ2n) is 9.31. The summed E-state index contributed by atoms with van der Waals surface area (Å²) in [5, 5.41) is 4.97. The molecule has 2 aliphatic rings. The number of halogens is 1. The largest absolute Gasteiger partial charge is 0.376 e. The first-order chi connectivity index (χ1) is 17.9. The van der Waals surface area contributed by atoms with Gasteiger partial charge in [-0.2, -0.15) is 0 Å². The number of hydrogen-bond donors (Lipinski definition) is 1. The Balaban J connectivity index is 1.47. The van der Waals surface area contributed by atoms with Crippen molar-refractivity contribution in [2.24, 2.45) is 0 Å². The molecule has 0 spiro atoms. The van der Waals surface area contributed by atoms with Crippen LogP contribution in [0.3, 0.4) is 0 Å². The van der Waals surface area contributed by atoms with E-state index >= 15 is 0 Å². The number of carbonyl (C=O) groups is 2. The van der Waals surface area contributed by atoms with E-state index in [2.05, 4.69) is 18.3 Å². The monoisotopic (exact) mass is 536 g/mol. The van der Waals surface area contributed by atoms with Crippen LogP contribution in [0, 0.1) is 0 Å². The summed E-state index contributed by atoms with van der Waals surface area (Å²) < 4.78 is 7.60. The molecular formula is C28H29ClN4O3S. The fourth-order valence-electron chi connectivity index (χ4n) is 4.96. The SMILES string of the molecule is CCc1cccc2c(/C=C3/C(=O)N(c4ccc(Cl)cc4)C(=S)N3C)cn(CC(=O)NC[C@@H]3CCCO3)c12. The Kier molecular flexibility index (Phi) is 7.33. The molecule has 2 amide bonds. The number of carbonyl (C=O) groups excluding carboxylic acids is 2. The van der Waals surface area contributed by atoms with E-state index < -0.39 is 0 Å². The summed E-state index contributed by atoms with van der Waals surface area (Å²) in [4.78, 5) is 29.5. The lowest BCUT2D eigenvalue weighted by Gasteiger charge is -2.16. The molecular weight excluding hydrogens is 508 g/mol. The highest BCUT2D eigenvalue weighted by Crippen LogP contribution is 2.32. The Hall–Kier alpha value is -3.20. The van der Waals surface area contributed by atoms with E-state index in [1.807, 2.05) is 29.0 Å². The van der Waals surface area contributed by atoms with Gasteiger partial charge in [0.2, 0.25) is 5.91 Å². The highest BCUT2D eigenvalue weighted by molar-refractivity contribution is 7.80. The Morgan fingerprint density at radius 2 is 2.03 bits per heavy atom. The van der Waals surface area contributed by atoms with Crippen molar-refractivity contribution in [3.8, 4) is 0 Å². The van der Waals surface area contributed by atoms with E-state index in [0.717, 1.165) is 47.9 Å². The van der Waals surface area contributed by atoms with Gasteiger partial charge < -0.3 is 19.5 Å². The van der Waals surface area contributed by atoms with Gasteiger partial charge in [-0.1, -0.05) is 36.7 Å². The van der Waals surface area contributed by atoms with Crippen LogP contribution in [0.1, 0.15) is 30.9 Å². The third kappa shape index (κ3) is 5.01. The summed E-state index contributed by atoms with van der Waals surface area (Å²) >= 11 is 11.6. The van der Waals surface area contributed by atoms with E-state index in [-0.39, 0.29) is 24.5 Å². The maximum Gasteiger partial charge on any atom is 0.281 e. The number of benzene rings is 2. The highest BCUT2D eigenvalue weighted by atomic mass is 35.5. The van der Waals surface area contributed by atoms with Gasteiger partial charge in [-0.15, -0.1) is 0 Å². The van der Waals surface area contributed by atoms with Gasteiger partial charge >= 0.3 is 0 Å². The van der Waals surface area contributed by atoms with Crippen LogP contribution >= 0.6 is 23.8 Å². The molecule has 37 heavy (non-hydrogen) atoms. The number of nitrogens with one attached hydrogen (secondary N) is 1. The van der Waals surface area contributed by atoms with Crippen molar-refractivity contribution in [2.45, 2.75) is 38.8 Å². The van der Waals surface area contributed by atoms with Gasteiger partial charge in [0.1, 0.15) is 12.2 Å². The van der Waals surface area contributed by atoms with Gasteiger partial charge in [0.25, 0.3) is 5.91 Å². The van der Waals surface area contributed by atoms with Crippen LogP contribution in [0.25, 0.3) is 17.0 Å². The van der Waals surface area contributed by atoms with Gasteiger partial charge in [-0.25, -0.2) is 0 Å². The molecule has 9 heteroatoms. The number of hydrogen-bond acceptors (Lipinski definition) is 4. The molecule has 1 aromatic heterocycles. The topological polar surface area (TPSA) is 66.8 Å². The number of rotatable bonds is 7. The summed E-state index contributed by atoms with van der Waals surface area (Å²) in [5.74, 6) is -0.279. The van der Waals surface area contributed by atoms with E-state index in [9.17, 15) is 9.59 Å². The maximum atomic E-state index is 13.5. The molecule has 0 radical (unpaired) electrons. The zero-order valence-corrected chi connectivity index (χ0v) is 22.4. The molecule has 2 aliphatic heterocycles. The summed E-state index contributed by atoms with van der Waals surface area (Å²) in [6, 6.07) is 13.1. The molecule has 1 N–H and O–H groups in total. The van der Waals surface area contributed by atoms with Crippen LogP contribution in [0.5, 0.6) is 0 Å². The fourth-order valence-corrected chi connectivity index (χ4v) is 5.37. The molecule has 5 rings (SSSR count). The summed E-state index contributed by atoms with van der Waals surface area (Å²) in [6.07, 6.45) is 6.72. The van der Waals surface area contributed by atoms with E-state index in [0.29, 0.717) is 28.1 Å². The Morgan fingerprint density at radius 1 is 1.24 bits per heavy atom. The van der Waals surface area contributed by atoms with Crippen molar-refractivity contribution >= 4 is 63.4 Å². The zero-order chi connectivity index (χ0) is 26.1. The van der Waals surface area contributed by atoms with E-state index in [1.54, 1.807) is 36.2 Å². The molecule has 2 aromatic carbocycles. The van der Waals surface area contributed by atoms with Crippen molar-refractivity contribution < 1.29 is 14.3 Å². The van der Waals surface area contributed by atoms with Crippen LogP contribution < -0.4 is 10.2 Å². The minimum atomic E-state index is -0.211. The first-order valence-electron chi connectivity index (χ1n) is 12.5. The number of thiocarbonyl (C=S) groups is 1. The molecule has 1 atom stereocenters. The van der Waals surface area contributed by atoms with Crippen LogP contribution in [0.2, 0.25) is 5.02 Å². The number of ether oxygens (including phenoxy) is 1. The molecule has 2 saturated heterocycles. The number of para-hydroxylation sites is 1. The summed E-state index contributed by atoms with van der Waals surface area (Å²) in [5.41, 5.74) is 4.11. The van der Waals surface area contributed by atoms with Gasteiger partial charge in [0.05, 0.1) is 17.3 Å². The lowest BCUT2D eigenvalue weighted by molar-refractivity contribution is -0.122. The second kappa shape index (κ2) is 10.7. The normalized spacial score (nSPS) is 19.0. The standard InChI is InChI=1S/C28H29ClN4O3S/c1-3-18-6-4-8-23-19(16-32(26(18)23)17-25(34)30-15-22-7-5-13-36-22)14-24-27(35)33(28(37)31(24)2)21-11-9-20(29)10-12-21/h4,6,8-12,14,16,22H,3,5,7,13,15,17H2,1-2H3,(H,30,34)/b24-14-/t22-/m0/s1. The third-order valence-corrected chi connectivity index (χ3v) is 7.61. The Morgan fingerprint density at radius 3 is 2.73 bits per heavy atom. The molecule has 3 heterocycles. The van der Waals surface area contributed by atoms with Gasteiger partial charge in [0.15, 0.2) is 5.11 Å². The van der Waals surface area contributed by atoms with Gasteiger partial charge in [-0.05, 0) is 67.4 Å². The highest BCUT2D eigenvalue weighted by Gasteiger charge is 2.37. The van der Waals surface area contributed by atoms with Crippen molar-refractivity contribution in [2.75, 3.05) is 25.1 Å². The number of aromatic nitrogens is 1. The van der Waals surface area contributed by atoms with Crippen molar-refractivity contribution in [3.05, 3.63) is 70.5 Å². The number of amides is 2. The van der Waals surface area contributed by atoms with E-state index in [1.165, 1.54) is 4.90 Å². The maximum absolute atomic E-state index is 13.5. The van der Waals surface area contributed by atoms with Crippen molar-refractivity contribution in [3.63, 3.8) is 0 Å². The van der Waals surface area contributed by atoms with Crippen LogP contribution in [-0.4, -0.2) is 52.7 Å². The molecule has 0 aliphatic carbocycles. The molecule has 3 aromatic rings. The quantitative estimate of drug-likeness (QED) is 0.348. The van der Waals surface area contributed by atoms with Gasteiger partial charge in [-0.3, -0.25) is 14.5 Å². The fraction of sp³-hybridized carbons (Fsp3) is 0.321. The minimum absolute atomic E-state index is 0.0679. The smallest absolute Gasteiger partial charge is 0.281 e. The molecule has 192 valence electrons. The molecule has 0 saturated carbocycles. The Labute approximate surface area is 226 Å². The second-order valence-corrected chi connectivity index (χ2v) is 10.1. The molecule has 7 nitrogen and oxygen atoms in total. The number of likely N-dealkylation sites (N-methyl/N-ethyl adjacent to an activating group) is 1. The molecule has 2 fully saturated rings. The molecule has 0 unspecified atom stereocenters. The first-order valence-corrected chi connectivity index (χ1v) is 13.2. The predicted octanol–water partition coefficient (Wildman–Crippen LogP) is 4.76. The Bertz CT molecular complexity index is 1390. The lowest BCUT2D eigenvalue weighted by atomic mass is 10.1. The van der Waals surface area contributed by atoms with Crippen LogP contribution in [-0.2, 0) is 27.3 Å². The first kappa shape index (κ1) is 25.4. The predicted molar refractivity (Wildman–Crippen MR) is 151 cm³/mol. The van der Waals surface area contributed by atoms with Crippen LogP contribution in [0.4, 0.5) is 5.69 Å². The number of anilines is 1. The van der Waals surface area contributed by atoms with Crippen molar-refractivity contribution in [1.29, 1.82) is 0 Å². The average molecular weight is 537 g/mol. The van der Waals surface area contributed by atoms with Crippen LogP contribution in [0.15, 0.2) is 54.4 Å². The average Bonchev–Trinajstić information content (AvgIpc) is 3.59. The lowest BCUT2D eigenvalue weighted by Crippen LogP contribution is -2.34. The summed E-state index contributed by atoms with van der Waals surface area (Å²) in [7, 11) is 1.79. The number of aryl methyl sites for hydroxylation is 1. The molecule has 0 bridgehead atoms. The minimum Gasteiger partial charge on any atom is -0.376 e. The number of nitrogens with zero attached hydrogens (tertiary/aromatic N) is 3. The zero-order valence-electron chi connectivity index (χ0n) is 20.9. The van der Waals surface area contributed by atoms with Gasteiger partial charge in [0, 0.05) is 42.4 Å². The summed E-state index contributed by atoms with van der Waals surface area (Å²) in [6.45, 7) is 3.56. The van der Waals surface area contributed by atoms with Crippen molar-refractivity contribution in [1.82, 2.24) is 14.8 Å². The van der Waals surface area contributed by atoms with E-state index in [4.69, 9.17) is 28.6 Å². The number of fused-ring (bicyclic) bond motifs is 1. The third-order valence-electron chi connectivity index (χ3n) is 6.90.